The van der Waals surface area contributed by atoms with Gasteiger partial charge in [0, 0.05) is 21.6 Å². The van der Waals surface area contributed by atoms with Gasteiger partial charge in [-0.2, -0.15) is 0 Å². The first kappa shape index (κ1) is 15.5. The molecule has 0 saturated carbocycles. The summed E-state index contributed by atoms with van der Waals surface area (Å²) in [5, 5.41) is 3.14. The van der Waals surface area contributed by atoms with Gasteiger partial charge in [0.25, 0.3) is 0 Å². The lowest BCUT2D eigenvalue weighted by Crippen LogP contribution is -2.06. The van der Waals surface area contributed by atoms with Crippen molar-refractivity contribution in [3.8, 4) is 0 Å². The molecule has 20 heavy (non-hydrogen) atoms. The summed E-state index contributed by atoms with van der Waals surface area (Å²) in [4.78, 5) is 12.5. The Hall–Kier alpha value is -0.920. The van der Waals surface area contributed by atoms with E-state index in [9.17, 15) is 9.18 Å². The summed E-state index contributed by atoms with van der Waals surface area (Å²) >= 11 is 8.44. The fourth-order valence-corrected chi connectivity index (χ4v) is 3.69. The molecule has 0 amide bonds. The fraction of sp³-hybridized carbons (Fsp3) is 0.154. The van der Waals surface area contributed by atoms with Crippen molar-refractivity contribution < 1.29 is 13.9 Å². The molecule has 1 aromatic heterocycles. The van der Waals surface area contributed by atoms with Gasteiger partial charge in [-0.15, -0.1) is 11.3 Å². The molecule has 0 unspecified atom stereocenters. The van der Waals surface area contributed by atoms with E-state index in [0.717, 1.165) is 13.1 Å². The number of thiophene rings is 1. The molecular formula is C13H10Br2FNO2S. The molecule has 0 bridgehead atoms. The van der Waals surface area contributed by atoms with Crippen LogP contribution in [0, 0.1) is 5.82 Å². The minimum Gasteiger partial charge on any atom is -0.465 e. The number of anilines is 1. The van der Waals surface area contributed by atoms with Crippen molar-refractivity contribution in [2.75, 3.05) is 12.4 Å². The van der Waals surface area contributed by atoms with Gasteiger partial charge in [-0.3, -0.25) is 0 Å². The van der Waals surface area contributed by atoms with Gasteiger partial charge < -0.3 is 10.1 Å². The van der Waals surface area contributed by atoms with Gasteiger partial charge in [0.2, 0.25) is 0 Å². The molecule has 7 heteroatoms. The summed E-state index contributed by atoms with van der Waals surface area (Å²) in [5.41, 5.74) is 0.582. The van der Waals surface area contributed by atoms with Crippen LogP contribution in [0.4, 0.5) is 10.1 Å². The first-order valence-corrected chi connectivity index (χ1v) is 7.97. The summed E-state index contributed by atoms with van der Waals surface area (Å²) in [6.45, 7) is 0.584. The van der Waals surface area contributed by atoms with Gasteiger partial charge in [-0.25, -0.2) is 9.18 Å². The molecule has 1 heterocycles. The number of benzene rings is 1. The normalized spacial score (nSPS) is 10.4. The van der Waals surface area contributed by atoms with Crippen molar-refractivity contribution in [1.82, 2.24) is 0 Å². The van der Waals surface area contributed by atoms with Crippen molar-refractivity contribution >= 4 is 54.9 Å². The zero-order valence-electron chi connectivity index (χ0n) is 10.4. The number of ether oxygens (including phenoxy) is 1. The summed E-state index contributed by atoms with van der Waals surface area (Å²) in [7, 11) is 1.22. The number of carbonyl (C=O) groups excluding carboxylic acids is 1. The average molecular weight is 423 g/mol. The lowest BCUT2D eigenvalue weighted by Gasteiger charge is -2.07. The molecular weight excluding hydrogens is 413 g/mol. The first-order valence-electron chi connectivity index (χ1n) is 5.56. The third-order valence-corrected chi connectivity index (χ3v) is 5.79. The van der Waals surface area contributed by atoms with Crippen LogP contribution >= 0.6 is 43.2 Å². The van der Waals surface area contributed by atoms with E-state index in [1.807, 2.05) is 6.07 Å². The first-order chi connectivity index (χ1) is 9.51. The number of rotatable bonds is 4. The number of hydrogen-bond acceptors (Lipinski definition) is 4. The molecule has 2 aromatic rings. The van der Waals surface area contributed by atoms with Gasteiger partial charge >= 0.3 is 5.97 Å². The Balaban J connectivity index is 2.12. The van der Waals surface area contributed by atoms with E-state index >= 15 is 0 Å². The second-order valence-electron chi connectivity index (χ2n) is 3.87. The summed E-state index contributed by atoms with van der Waals surface area (Å²) < 4.78 is 20.0. The molecule has 0 radical (unpaired) electrons. The smallest absolute Gasteiger partial charge is 0.340 e. The summed E-state index contributed by atoms with van der Waals surface area (Å²) in [6.07, 6.45) is 0. The van der Waals surface area contributed by atoms with E-state index in [1.54, 1.807) is 17.4 Å². The summed E-state index contributed by atoms with van der Waals surface area (Å²) in [6, 6.07) is 6.26. The molecule has 0 spiro atoms. The molecule has 0 aliphatic heterocycles. The van der Waals surface area contributed by atoms with Gasteiger partial charge in [-0.05, 0) is 56.1 Å². The van der Waals surface area contributed by atoms with Crippen LogP contribution in [0.2, 0.25) is 0 Å². The highest BCUT2D eigenvalue weighted by Gasteiger charge is 2.12. The highest BCUT2D eigenvalue weighted by atomic mass is 79.9. The second-order valence-corrected chi connectivity index (χ2v) is 7.18. The van der Waals surface area contributed by atoms with Gasteiger partial charge in [0.05, 0.1) is 16.5 Å². The highest BCUT2D eigenvalue weighted by molar-refractivity contribution is 9.13. The number of nitrogens with one attached hydrogen (secondary N) is 1. The zero-order valence-corrected chi connectivity index (χ0v) is 14.4. The Morgan fingerprint density at radius 2 is 2.15 bits per heavy atom. The quantitative estimate of drug-likeness (QED) is 0.718. The van der Waals surface area contributed by atoms with Gasteiger partial charge in [-0.1, -0.05) is 0 Å². The van der Waals surface area contributed by atoms with Crippen LogP contribution in [0.1, 0.15) is 15.2 Å². The maximum Gasteiger partial charge on any atom is 0.340 e. The second kappa shape index (κ2) is 6.69. The monoisotopic (exact) mass is 421 g/mol. The molecule has 0 atom stereocenters. The molecule has 2 rings (SSSR count). The number of hydrogen-bond donors (Lipinski definition) is 1. The van der Waals surface area contributed by atoms with Crippen LogP contribution in [-0.4, -0.2) is 13.1 Å². The van der Waals surface area contributed by atoms with Crippen molar-refractivity contribution in [2.24, 2.45) is 0 Å². The number of methoxy groups -OCH3 is 1. The van der Waals surface area contributed by atoms with E-state index < -0.39 is 11.8 Å². The Labute approximate surface area is 136 Å². The highest BCUT2D eigenvalue weighted by Crippen LogP contribution is 2.32. The van der Waals surface area contributed by atoms with E-state index in [2.05, 4.69) is 41.9 Å². The lowest BCUT2D eigenvalue weighted by molar-refractivity contribution is 0.0595. The average Bonchev–Trinajstić information content (AvgIpc) is 2.76. The van der Waals surface area contributed by atoms with Gasteiger partial charge in [0.1, 0.15) is 5.82 Å². The van der Waals surface area contributed by atoms with Crippen molar-refractivity contribution in [3.63, 3.8) is 0 Å². The Morgan fingerprint density at radius 3 is 2.75 bits per heavy atom. The van der Waals surface area contributed by atoms with Crippen molar-refractivity contribution in [3.05, 3.63) is 48.8 Å². The van der Waals surface area contributed by atoms with E-state index in [0.29, 0.717) is 12.2 Å². The van der Waals surface area contributed by atoms with E-state index in [1.165, 1.54) is 19.2 Å². The summed E-state index contributed by atoms with van der Waals surface area (Å²) in [5.74, 6) is -1.28. The molecule has 3 nitrogen and oxygen atoms in total. The van der Waals surface area contributed by atoms with Crippen molar-refractivity contribution in [1.29, 1.82) is 0 Å². The molecule has 1 aromatic carbocycles. The topological polar surface area (TPSA) is 38.3 Å². The molecule has 106 valence electrons. The predicted molar refractivity (Wildman–Crippen MR) is 84.8 cm³/mol. The number of halogens is 3. The number of esters is 1. The molecule has 0 fully saturated rings. The fourth-order valence-electron chi connectivity index (χ4n) is 1.57. The maximum absolute atomic E-state index is 13.5. The molecule has 1 N–H and O–H groups in total. The van der Waals surface area contributed by atoms with Crippen LogP contribution in [0.15, 0.2) is 32.5 Å². The molecule has 0 saturated heterocycles. The van der Waals surface area contributed by atoms with E-state index in [4.69, 9.17) is 0 Å². The maximum atomic E-state index is 13.5. The standard InChI is InChI=1S/C13H10Br2FNO2S/c1-19-13(18)9-4-7(2-3-11(9)16)17-6-8-5-10(14)12(15)20-8/h2-5,17H,6H2,1H3. The number of carbonyl (C=O) groups is 1. The minimum absolute atomic E-state index is 0.0777. The van der Waals surface area contributed by atoms with Crippen LogP contribution in [0.5, 0.6) is 0 Å². The Morgan fingerprint density at radius 1 is 1.40 bits per heavy atom. The van der Waals surface area contributed by atoms with Crippen molar-refractivity contribution in [2.45, 2.75) is 6.54 Å². The van der Waals surface area contributed by atoms with Gasteiger partial charge in [0.15, 0.2) is 0 Å². The van der Waals surface area contributed by atoms with Crippen LogP contribution in [-0.2, 0) is 11.3 Å². The van der Waals surface area contributed by atoms with Crippen LogP contribution in [0.25, 0.3) is 0 Å². The Kier molecular flexibility index (Phi) is 5.17. The minimum atomic E-state index is -0.687. The third kappa shape index (κ3) is 3.59. The SMILES string of the molecule is COC(=O)c1cc(NCc2cc(Br)c(Br)s2)ccc1F. The molecule has 0 aliphatic carbocycles. The van der Waals surface area contributed by atoms with E-state index in [-0.39, 0.29) is 5.56 Å². The Bertz CT molecular complexity index is 626. The third-order valence-electron chi connectivity index (χ3n) is 2.53. The molecule has 0 aliphatic rings. The predicted octanol–water partition coefficient (Wildman–Crippen LogP) is 4.81. The lowest BCUT2D eigenvalue weighted by atomic mass is 10.2. The zero-order chi connectivity index (χ0) is 14.7. The van der Waals surface area contributed by atoms with Crippen LogP contribution < -0.4 is 5.32 Å². The largest absolute Gasteiger partial charge is 0.465 e. The van der Waals surface area contributed by atoms with Crippen LogP contribution in [0.3, 0.4) is 0 Å².